The number of fused-ring (bicyclic) bond motifs is 1. The molecule has 1 atom stereocenters. The zero-order valence-electron chi connectivity index (χ0n) is 19.0. The molecule has 1 aromatic carbocycles. The largest absolute Gasteiger partial charge is 0.469 e. The van der Waals surface area contributed by atoms with Crippen LogP contribution in [0.5, 0.6) is 0 Å². The Hall–Kier alpha value is -3.03. The van der Waals surface area contributed by atoms with Crippen LogP contribution in [0.25, 0.3) is 10.9 Å². The van der Waals surface area contributed by atoms with Gasteiger partial charge in [-0.25, -0.2) is 4.79 Å². The average molecular weight is 432 g/mol. The summed E-state index contributed by atoms with van der Waals surface area (Å²) in [7, 11) is 3.30. The zero-order chi connectivity index (χ0) is 23.0. The van der Waals surface area contributed by atoms with Crippen molar-refractivity contribution in [3.05, 3.63) is 36.0 Å². The number of nitrogens with one attached hydrogen (secondary N) is 2. The normalized spacial score (nSPS) is 12.3. The third kappa shape index (κ3) is 7.62. The van der Waals surface area contributed by atoms with E-state index in [2.05, 4.69) is 15.4 Å². The molecule has 0 saturated heterocycles. The molecule has 2 N–H and O–H groups in total. The third-order valence-corrected chi connectivity index (χ3v) is 4.75. The van der Waals surface area contributed by atoms with Crippen LogP contribution in [0.2, 0.25) is 0 Å². The van der Waals surface area contributed by atoms with Crippen molar-refractivity contribution >= 4 is 28.9 Å². The zero-order valence-corrected chi connectivity index (χ0v) is 19.0. The van der Waals surface area contributed by atoms with E-state index in [0.717, 1.165) is 16.5 Å². The second-order valence-corrected chi connectivity index (χ2v) is 8.51. The Kier molecular flexibility index (Phi) is 8.47. The number of para-hydroxylation sites is 1. The number of amides is 2. The van der Waals surface area contributed by atoms with Crippen LogP contribution in [0.1, 0.15) is 45.6 Å². The highest BCUT2D eigenvalue weighted by atomic mass is 16.6. The number of aromatic nitrogens is 1. The molecule has 8 heteroatoms. The Morgan fingerprint density at radius 1 is 1.13 bits per heavy atom. The van der Waals surface area contributed by atoms with E-state index in [9.17, 15) is 14.4 Å². The molecule has 0 aliphatic heterocycles. The van der Waals surface area contributed by atoms with E-state index in [1.165, 1.54) is 7.11 Å². The van der Waals surface area contributed by atoms with Crippen LogP contribution in [-0.2, 0) is 32.5 Å². The number of unbranched alkanes of at least 4 members (excludes halogenated alkanes) is 1. The van der Waals surface area contributed by atoms with Gasteiger partial charge in [0, 0.05) is 43.5 Å². The van der Waals surface area contributed by atoms with Crippen LogP contribution in [0.3, 0.4) is 0 Å². The van der Waals surface area contributed by atoms with Crippen LogP contribution in [0.4, 0.5) is 4.79 Å². The molecule has 0 aliphatic carbocycles. The molecule has 0 spiro atoms. The lowest BCUT2D eigenvalue weighted by Crippen LogP contribution is -2.49. The molecule has 0 unspecified atom stereocenters. The number of carbonyl (C=O) groups excluding carboxylic acids is 3. The number of alkyl carbamates (subject to hydrolysis) is 1. The highest BCUT2D eigenvalue weighted by molar-refractivity contribution is 5.88. The van der Waals surface area contributed by atoms with Gasteiger partial charge in [0.2, 0.25) is 5.91 Å². The van der Waals surface area contributed by atoms with Crippen LogP contribution < -0.4 is 10.6 Å². The number of aryl methyl sites for hydroxylation is 1. The van der Waals surface area contributed by atoms with Crippen LogP contribution in [-0.4, -0.2) is 47.8 Å². The Morgan fingerprint density at radius 3 is 2.52 bits per heavy atom. The minimum atomic E-state index is -0.790. The fourth-order valence-corrected chi connectivity index (χ4v) is 3.30. The maximum absolute atomic E-state index is 12.9. The summed E-state index contributed by atoms with van der Waals surface area (Å²) in [6.07, 6.45) is 3.21. The molecule has 2 rings (SSSR count). The standard InChI is InChI=1S/C23H33N3O5/c1-23(2,3)31-22(29)25-18(21(28)24-13-9-8-12-20(27)30-5)14-16-15-26(4)19-11-7-6-10-17(16)19/h6-7,10-11,15,18H,8-9,12-14H2,1-5H3,(H,24,28)(H,25,29)/t18-/m0/s1. The summed E-state index contributed by atoms with van der Waals surface area (Å²) in [5.74, 6) is -0.566. The van der Waals surface area contributed by atoms with Gasteiger partial charge in [0.05, 0.1) is 7.11 Å². The van der Waals surface area contributed by atoms with Crippen molar-refractivity contribution in [2.75, 3.05) is 13.7 Å². The van der Waals surface area contributed by atoms with Crippen LogP contribution in [0, 0.1) is 0 Å². The van der Waals surface area contributed by atoms with Gasteiger partial charge >= 0.3 is 12.1 Å². The van der Waals surface area contributed by atoms with E-state index in [1.54, 1.807) is 20.8 Å². The monoisotopic (exact) mass is 431 g/mol. The lowest BCUT2D eigenvalue weighted by atomic mass is 10.0. The number of ether oxygens (including phenoxy) is 2. The highest BCUT2D eigenvalue weighted by Crippen LogP contribution is 2.22. The Balaban J connectivity index is 2.07. The number of nitrogens with zero attached hydrogens (tertiary/aromatic N) is 1. The third-order valence-electron chi connectivity index (χ3n) is 4.75. The van der Waals surface area contributed by atoms with Crippen molar-refractivity contribution < 1.29 is 23.9 Å². The first kappa shape index (κ1) is 24.2. The maximum Gasteiger partial charge on any atom is 0.408 e. The molecule has 8 nitrogen and oxygen atoms in total. The summed E-state index contributed by atoms with van der Waals surface area (Å²) in [6.45, 7) is 5.72. The van der Waals surface area contributed by atoms with Gasteiger partial charge in [0.15, 0.2) is 0 Å². The van der Waals surface area contributed by atoms with E-state index in [1.807, 2.05) is 42.1 Å². The molecular weight excluding hydrogens is 398 g/mol. The molecule has 0 bridgehead atoms. The van der Waals surface area contributed by atoms with E-state index in [4.69, 9.17) is 4.74 Å². The predicted octanol–water partition coefficient (Wildman–Crippen LogP) is 3.07. The van der Waals surface area contributed by atoms with E-state index < -0.39 is 17.7 Å². The summed E-state index contributed by atoms with van der Waals surface area (Å²) >= 11 is 0. The Morgan fingerprint density at radius 2 is 1.84 bits per heavy atom. The first-order chi connectivity index (χ1) is 14.6. The number of hydrogen-bond donors (Lipinski definition) is 2. The summed E-state index contributed by atoms with van der Waals surface area (Å²) < 4.78 is 12.0. The molecule has 1 heterocycles. The predicted molar refractivity (Wildman–Crippen MR) is 119 cm³/mol. The highest BCUT2D eigenvalue weighted by Gasteiger charge is 2.25. The molecule has 2 aromatic rings. The lowest BCUT2D eigenvalue weighted by molar-refractivity contribution is -0.140. The number of hydrogen-bond acceptors (Lipinski definition) is 5. The molecule has 0 aliphatic rings. The second-order valence-electron chi connectivity index (χ2n) is 8.51. The summed E-state index contributed by atoms with van der Waals surface area (Å²) in [4.78, 5) is 36.4. The van der Waals surface area contributed by atoms with Crippen molar-refractivity contribution in [2.45, 2.75) is 58.1 Å². The lowest BCUT2D eigenvalue weighted by Gasteiger charge is -2.23. The van der Waals surface area contributed by atoms with Crippen molar-refractivity contribution in [3.63, 3.8) is 0 Å². The maximum atomic E-state index is 12.9. The van der Waals surface area contributed by atoms with Crippen LogP contribution >= 0.6 is 0 Å². The van der Waals surface area contributed by atoms with E-state index in [-0.39, 0.29) is 11.9 Å². The molecular formula is C23H33N3O5. The van der Waals surface area contributed by atoms with Crippen molar-refractivity contribution in [1.82, 2.24) is 15.2 Å². The van der Waals surface area contributed by atoms with Gasteiger partial charge in [0.1, 0.15) is 11.6 Å². The molecule has 0 saturated carbocycles. The van der Waals surface area contributed by atoms with Gasteiger partial charge in [0.25, 0.3) is 0 Å². The molecule has 2 amide bonds. The van der Waals surface area contributed by atoms with Gasteiger partial charge in [-0.3, -0.25) is 9.59 Å². The summed E-state index contributed by atoms with van der Waals surface area (Å²) in [6, 6.07) is 7.13. The summed E-state index contributed by atoms with van der Waals surface area (Å²) in [5.41, 5.74) is 1.34. The smallest absolute Gasteiger partial charge is 0.408 e. The molecule has 1 aromatic heterocycles. The average Bonchev–Trinajstić information content (AvgIpc) is 3.01. The first-order valence-corrected chi connectivity index (χ1v) is 10.5. The van der Waals surface area contributed by atoms with Gasteiger partial charge in [-0.1, -0.05) is 18.2 Å². The fourth-order valence-electron chi connectivity index (χ4n) is 3.30. The van der Waals surface area contributed by atoms with Crippen molar-refractivity contribution in [1.29, 1.82) is 0 Å². The first-order valence-electron chi connectivity index (χ1n) is 10.5. The van der Waals surface area contributed by atoms with Gasteiger partial charge in [-0.2, -0.15) is 0 Å². The number of benzene rings is 1. The number of esters is 1. The van der Waals surface area contributed by atoms with Gasteiger partial charge in [-0.15, -0.1) is 0 Å². The van der Waals surface area contributed by atoms with E-state index in [0.29, 0.717) is 32.2 Å². The van der Waals surface area contributed by atoms with Gasteiger partial charge in [-0.05, 0) is 45.2 Å². The minimum absolute atomic E-state index is 0.272. The Labute approximate surface area is 183 Å². The van der Waals surface area contributed by atoms with E-state index >= 15 is 0 Å². The van der Waals surface area contributed by atoms with Gasteiger partial charge < -0.3 is 24.7 Å². The minimum Gasteiger partial charge on any atom is -0.469 e. The molecule has 0 fully saturated rings. The Bertz CT molecular complexity index is 914. The SMILES string of the molecule is COC(=O)CCCCNC(=O)[C@H](Cc1cn(C)c2ccccc12)NC(=O)OC(C)(C)C. The molecule has 170 valence electrons. The number of methoxy groups -OCH3 is 1. The second kappa shape index (κ2) is 10.8. The molecule has 0 radical (unpaired) electrons. The summed E-state index contributed by atoms with van der Waals surface area (Å²) in [5, 5.41) is 6.59. The quantitative estimate of drug-likeness (QED) is 0.470. The number of carbonyl (C=O) groups is 3. The molecule has 31 heavy (non-hydrogen) atoms. The van der Waals surface area contributed by atoms with Crippen LogP contribution in [0.15, 0.2) is 30.5 Å². The van der Waals surface area contributed by atoms with Crippen molar-refractivity contribution in [3.8, 4) is 0 Å². The van der Waals surface area contributed by atoms with Crippen molar-refractivity contribution in [2.24, 2.45) is 7.05 Å². The fraction of sp³-hybridized carbons (Fsp3) is 0.522. The topological polar surface area (TPSA) is 98.7 Å². The number of rotatable bonds is 9.